The molecule has 2 aromatic rings. The molecule has 1 aliphatic rings. The molecule has 1 fully saturated rings. The van der Waals surface area contributed by atoms with Crippen molar-refractivity contribution in [1.29, 1.82) is 0 Å². The second-order valence-corrected chi connectivity index (χ2v) is 4.50. The summed E-state index contributed by atoms with van der Waals surface area (Å²) in [6, 6.07) is 4.23. The van der Waals surface area contributed by atoms with E-state index in [0.717, 1.165) is 37.6 Å². The molecule has 4 nitrogen and oxygen atoms in total. The molecule has 1 saturated heterocycles. The number of imidazole rings is 1. The number of ether oxygens (including phenoxy) is 1. The molecule has 17 heavy (non-hydrogen) atoms. The number of hydrogen-bond donors (Lipinski definition) is 0. The molecule has 0 aliphatic carbocycles. The highest BCUT2D eigenvalue weighted by Gasteiger charge is 2.12. The molecule has 4 heteroatoms. The summed E-state index contributed by atoms with van der Waals surface area (Å²) in [5, 5.41) is 0. The summed E-state index contributed by atoms with van der Waals surface area (Å²) in [5.41, 5.74) is 4.59. The minimum Gasteiger partial charge on any atom is -0.378 e. The van der Waals surface area contributed by atoms with Crippen molar-refractivity contribution in [3.63, 3.8) is 0 Å². The third-order valence-electron chi connectivity index (χ3n) is 3.45. The van der Waals surface area contributed by atoms with Crippen molar-refractivity contribution in [2.45, 2.75) is 13.8 Å². The molecule has 0 saturated carbocycles. The van der Waals surface area contributed by atoms with E-state index in [2.05, 4.69) is 46.5 Å². The van der Waals surface area contributed by atoms with Crippen molar-refractivity contribution >= 4 is 11.3 Å². The summed E-state index contributed by atoms with van der Waals surface area (Å²) in [4.78, 5) is 6.88. The molecule has 2 aromatic heterocycles. The van der Waals surface area contributed by atoms with Crippen LogP contribution in [0.5, 0.6) is 0 Å². The van der Waals surface area contributed by atoms with Gasteiger partial charge in [-0.2, -0.15) is 0 Å². The van der Waals surface area contributed by atoms with E-state index < -0.39 is 0 Å². The Morgan fingerprint density at radius 1 is 1.18 bits per heavy atom. The quantitative estimate of drug-likeness (QED) is 0.749. The lowest BCUT2D eigenvalue weighted by Gasteiger charge is -2.28. The zero-order chi connectivity index (χ0) is 11.8. The van der Waals surface area contributed by atoms with E-state index in [0.29, 0.717) is 0 Å². The van der Waals surface area contributed by atoms with Crippen molar-refractivity contribution in [1.82, 2.24) is 9.38 Å². The highest BCUT2D eigenvalue weighted by atomic mass is 16.5. The zero-order valence-electron chi connectivity index (χ0n) is 10.3. The third-order valence-corrected chi connectivity index (χ3v) is 3.45. The van der Waals surface area contributed by atoms with Crippen LogP contribution in [-0.4, -0.2) is 35.7 Å². The Kier molecular flexibility index (Phi) is 2.52. The third kappa shape index (κ3) is 1.78. The second kappa shape index (κ2) is 4.04. The summed E-state index contributed by atoms with van der Waals surface area (Å²) >= 11 is 0. The minimum absolute atomic E-state index is 0.819. The summed E-state index contributed by atoms with van der Waals surface area (Å²) in [6.45, 7) is 7.74. The number of aromatic nitrogens is 2. The number of anilines is 1. The van der Waals surface area contributed by atoms with Crippen LogP contribution < -0.4 is 4.90 Å². The fraction of sp³-hybridized carbons (Fsp3) is 0.462. The molecule has 90 valence electrons. The molecule has 0 unspecified atom stereocenters. The van der Waals surface area contributed by atoms with Crippen LogP contribution in [-0.2, 0) is 4.74 Å². The number of pyridine rings is 1. The van der Waals surface area contributed by atoms with Gasteiger partial charge in [0.15, 0.2) is 0 Å². The number of fused-ring (bicyclic) bond motifs is 1. The average Bonchev–Trinajstić information content (AvgIpc) is 2.66. The highest BCUT2D eigenvalue weighted by Crippen LogP contribution is 2.19. The van der Waals surface area contributed by atoms with Gasteiger partial charge in [-0.1, -0.05) is 0 Å². The van der Waals surface area contributed by atoms with E-state index in [4.69, 9.17) is 4.74 Å². The smallest absolute Gasteiger partial charge is 0.137 e. The average molecular weight is 231 g/mol. The zero-order valence-corrected chi connectivity index (χ0v) is 10.3. The van der Waals surface area contributed by atoms with Crippen LogP contribution in [0.25, 0.3) is 5.65 Å². The normalized spacial score (nSPS) is 16.7. The first-order chi connectivity index (χ1) is 8.25. The predicted molar refractivity (Wildman–Crippen MR) is 67.7 cm³/mol. The molecule has 0 bridgehead atoms. The molecule has 0 amide bonds. The fourth-order valence-electron chi connectivity index (χ4n) is 2.28. The topological polar surface area (TPSA) is 29.8 Å². The summed E-state index contributed by atoms with van der Waals surface area (Å²) in [7, 11) is 0. The van der Waals surface area contributed by atoms with Crippen LogP contribution in [0.4, 0.5) is 5.69 Å². The fourth-order valence-corrected chi connectivity index (χ4v) is 2.28. The lowest BCUT2D eigenvalue weighted by molar-refractivity contribution is 0.122. The van der Waals surface area contributed by atoms with Gasteiger partial charge in [0.25, 0.3) is 0 Å². The van der Waals surface area contributed by atoms with Gasteiger partial charge in [-0.25, -0.2) is 4.98 Å². The van der Waals surface area contributed by atoms with E-state index in [1.54, 1.807) is 0 Å². The maximum atomic E-state index is 5.38. The summed E-state index contributed by atoms with van der Waals surface area (Å²) in [5.74, 6) is 0. The number of nitrogens with zero attached hydrogens (tertiary/aromatic N) is 3. The number of rotatable bonds is 1. The van der Waals surface area contributed by atoms with Gasteiger partial charge in [0.2, 0.25) is 0 Å². The van der Waals surface area contributed by atoms with Gasteiger partial charge in [0.1, 0.15) is 5.65 Å². The Bertz CT molecular complexity index is 541. The lowest BCUT2D eigenvalue weighted by Crippen LogP contribution is -2.36. The largest absolute Gasteiger partial charge is 0.378 e. The Morgan fingerprint density at radius 2 is 1.94 bits per heavy atom. The Morgan fingerprint density at radius 3 is 2.71 bits per heavy atom. The van der Waals surface area contributed by atoms with Crippen LogP contribution in [0, 0.1) is 13.8 Å². The molecule has 0 spiro atoms. The Hall–Kier alpha value is -1.55. The first-order valence-electron chi connectivity index (χ1n) is 6.04. The van der Waals surface area contributed by atoms with Gasteiger partial charge in [-0.15, -0.1) is 0 Å². The monoisotopic (exact) mass is 231 g/mol. The van der Waals surface area contributed by atoms with Gasteiger partial charge >= 0.3 is 0 Å². The minimum atomic E-state index is 0.819. The highest BCUT2D eigenvalue weighted by molar-refractivity contribution is 5.53. The SMILES string of the molecule is Cc1nc2ccc(N3CCOCC3)cn2c1C. The van der Waals surface area contributed by atoms with Gasteiger partial charge in [-0.3, -0.25) is 0 Å². The first-order valence-corrected chi connectivity index (χ1v) is 6.04. The Labute approximate surface area is 101 Å². The molecular formula is C13H17N3O. The molecule has 0 atom stereocenters. The number of aryl methyl sites for hydroxylation is 2. The van der Waals surface area contributed by atoms with Crippen LogP contribution in [0.3, 0.4) is 0 Å². The van der Waals surface area contributed by atoms with E-state index in [1.807, 2.05) is 0 Å². The molecule has 1 aliphatic heterocycles. The molecule has 0 radical (unpaired) electrons. The van der Waals surface area contributed by atoms with E-state index in [9.17, 15) is 0 Å². The van der Waals surface area contributed by atoms with Crippen LogP contribution in [0.2, 0.25) is 0 Å². The second-order valence-electron chi connectivity index (χ2n) is 4.50. The van der Waals surface area contributed by atoms with E-state index in [-0.39, 0.29) is 0 Å². The lowest BCUT2D eigenvalue weighted by atomic mass is 10.3. The van der Waals surface area contributed by atoms with Crippen molar-refractivity contribution < 1.29 is 4.74 Å². The first kappa shape index (κ1) is 10.6. The summed E-state index contributed by atoms with van der Waals surface area (Å²) in [6.07, 6.45) is 2.18. The van der Waals surface area contributed by atoms with Gasteiger partial charge in [0, 0.05) is 25.0 Å². The van der Waals surface area contributed by atoms with Crippen molar-refractivity contribution in [2.24, 2.45) is 0 Å². The van der Waals surface area contributed by atoms with Crippen molar-refractivity contribution in [3.05, 3.63) is 29.7 Å². The standard InChI is InChI=1S/C13H17N3O/c1-10-11(2)16-9-12(3-4-13(16)14-10)15-5-7-17-8-6-15/h3-4,9H,5-8H2,1-2H3. The van der Waals surface area contributed by atoms with Crippen LogP contribution in [0.15, 0.2) is 18.3 Å². The Balaban J connectivity index is 2.02. The maximum absolute atomic E-state index is 5.38. The maximum Gasteiger partial charge on any atom is 0.137 e. The number of morpholine rings is 1. The van der Waals surface area contributed by atoms with Crippen LogP contribution in [0.1, 0.15) is 11.4 Å². The van der Waals surface area contributed by atoms with Gasteiger partial charge in [0.05, 0.1) is 24.6 Å². The molecular weight excluding hydrogens is 214 g/mol. The van der Waals surface area contributed by atoms with E-state index in [1.165, 1.54) is 11.4 Å². The molecule has 3 rings (SSSR count). The van der Waals surface area contributed by atoms with E-state index >= 15 is 0 Å². The van der Waals surface area contributed by atoms with Crippen molar-refractivity contribution in [2.75, 3.05) is 31.2 Å². The van der Waals surface area contributed by atoms with Crippen molar-refractivity contribution in [3.8, 4) is 0 Å². The molecule has 0 aromatic carbocycles. The predicted octanol–water partition coefficient (Wildman–Crippen LogP) is 1.79. The van der Waals surface area contributed by atoms with Crippen LogP contribution >= 0.6 is 0 Å². The molecule has 0 N–H and O–H groups in total. The summed E-state index contributed by atoms with van der Waals surface area (Å²) < 4.78 is 7.54. The number of hydrogen-bond acceptors (Lipinski definition) is 3. The molecule has 3 heterocycles. The van der Waals surface area contributed by atoms with Gasteiger partial charge < -0.3 is 14.0 Å². The van der Waals surface area contributed by atoms with Gasteiger partial charge in [-0.05, 0) is 26.0 Å².